The van der Waals surface area contributed by atoms with Gasteiger partial charge >= 0.3 is 0 Å². The minimum Gasteiger partial charge on any atom is -0.310 e. The zero-order chi connectivity index (χ0) is 14.7. The molecule has 0 amide bonds. The van der Waals surface area contributed by atoms with Crippen LogP contribution in [0.2, 0.25) is 0 Å². The molecule has 0 spiro atoms. The molecule has 0 aliphatic rings. The molecule has 1 unspecified atom stereocenters. The first-order chi connectivity index (χ1) is 9.51. The first-order valence-electron chi connectivity index (χ1n) is 7.17. The van der Waals surface area contributed by atoms with E-state index in [0.717, 1.165) is 18.7 Å². The number of nitrogens with one attached hydrogen (secondary N) is 1. The Hall–Kier alpha value is -1.68. The van der Waals surface area contributed by atoms with E-state index in [1.54, 1.807) is 4.68 Å². The largest absolute Gasteiger partial charge is 0.310 e. The summed E-state index contributed by atoms with van der Waals surface area (Å²) in [4.78, 5) is 0. The lowest BCUT2D eigenvalue weighted by Gasteiger charge is -2.22. The fourth-order valence-electron chi connectivity index (χ4n) is 2.96. The Morgan fingerprint density at radius 3 is 2.35 bits per heavy atom. The molecule has 2 rings (SSSR count). The highest BCUT2D eigenvalue weighted by molar-refractivity contribution is 5.40. The number of rotatable bonds is 5. The van der Waals surface area contributed by atoms with Gasteiger partial charge in [0.2, 0.25) is 0 Å². The van der Waals surface area contributed by atoms with Crippen LogP contribution < -0.4 is 5.32 Å². The third-order valence-electron chi connectivity index (χ3n) is 3.60. The van der Waals surface area contributed by atoms with E-state index in [1.165, 1.54) is 22.3 Å². The summed E-state index contributed by atoms with van der Waals surface area (Å²) in [5.41, 5.74) is 6.43. The van der Waals surface area contributed by atoms with Crippen molar-refractivity contribution < 1.29 is 0 Å². The van der Waals surface area contributed by atoms with Gasteiger partial charge in [0.15, 0.2) is 0 Å². The molecule has 0 saturated carbocycles. The third-order valence-corrected chi connectivity index (χ3v) is 3.60. The molecule has 4 nitrogen and oxygen atoms in total. The van der Waals surface area contributed by atoms with Crippen molar-refractivity contribution in [2.75, 3.05) is 6.54 Å². The summed E-state index contributed by atoms with van der Waals surface area (Å²) in [5.74, 6) is 0. The van der Waals surface area contributed by atoms with Gasteiger partial charge in [-0.25, -0.2) is 0 Å². The molecule has 2 aromatic rings. The van der Waals surface area contributed by atoms with Crippen LogP contribution in [0.1, 0.15) is 40.9 Å². The summed E-state index contributed by atoms with van der Waals surface area (Å²) in [7, 11) is 1.90. The second kappa shape index (κ2) is 6.18. The number of aryl methyl sites for hydroxylation is 4. The Morgan fingerprint density at radius 1 is 1.20 bits per heavy atom. The molecule has 1 N–H and O–H groups in total. The quantitative estimate of drug-likeness (QED) is 0.910. The van der Waals surface area contributed by atoms with E-state index in [2.05, 4.69) is 55.5 Å². The topological polar surface area (TPSA) is 42.7 Å². The predicted octanol–water partition coefficient (Wildman–Crippen LogP) is 2.63. The number of nitrogens with zero attached hydrogens (tertiary/aromatic N) is 3. The van der Waals surface area contributed by atoms with E-state index in [4.69, 9.17) is 0 Å². The average molecular weight is 272 g/mol. The smallest absolute Gasteiger partial charge is 0.0845 e. The van der Waals surface area contributed by atoms with Crippen LogP contribution in [0.3, 0.4) is 0 Å². The highest BCUT2D eigenvalue weighted by Gasteiger charge is 2.17. The summed E-state index contributed by atoms with van der Waals surface area (Å²) in [5, 5.41) is 11.8. The van der Waals surface area contributed by atoms with Gasteiger partial charge in [-0.1, -0.05) is 29.8 Å². The van der Waals surface area contributed by atoms with Gasteiger partial charge in [0.05, 0.1) is 5.69 Å². The predicted molar refractivity (Wildman–Crippen MR) is 81.8 cm³/mol. The van der Waals surface area contributed by atoms with E-state index in [9.17, 15) is 0 Å². The second-order valence-corrected chi connectivity index (χ2v) is 5.51. The second-order valence-electron chi connectivity index (χ2n) is 5.51. The summed E-state index contributed by atoms with van der Waals surface area (Å²) in [6.07, 6.45) is 2.86. The van der Waals surface area contributed by atoms with Crippen molar-refractivity contribution in [2.45, 2.75) is 40.2 Å². The third kappa shape index (κ3) is 3.25. The number of aromatic nitrogens is 3. The average Bonchev–Trinajstić information content (AvgIpc) is 2.73. The van der Waals surface area contributed by atoms with Crippen LogP contribution in [0.4, 0.5) is 0 Å². The fraction of sp³-hybridized carbons (Fsp3) is 0.500. The van der Waals surface area contributed by atoms with Crippen molar-refractivity contribution in [1.29, 1.82) is 0 Å². The highest BCUT2D eigenvalue weighted by atomic mass is 15.4. The van der Waals surface area contributed by atoms with Crippen LogP contribution in [-0.2, 0) is 13.5 Å². The lowest BCUT2D eigenvalue weighted by Crippen LogP contribution is -2.25. The van der Waals surface area contributed by atoms with Crippen molar-refractivity contribution in [3.8, 4) is 0 Å². The highest BCUT2D eigenvalue weighted by Crippen LogP contribution is 2.26. The van der Waals surface area contributed by atoms with Crippen molar-refractivity contribution in [3.63, 3.8) is 0 Å². The summed E-state index contributed by atoms with van der Waals surface area (Å²) >= 11 is 0. The summed E-state index contributed by atoms with van der Waals surface area (Å²) in [6.45, 7) is 9.61. The normalized spacial score (nSPS) is 12.7. The van der Waals surface area contributed by atoms with Crippen molar-refractivity contribution in [2.24, 2.45) is 7.05 Å². The summed E-state index contributed by atoms with van der Waals surface area (Å²) < 4.78 is 1.76. The van der Waals surface area contributed by atoms with E-state index < -0.39 is 0 Å². The van der Waals surface area contributed by atoms with Crippen LogP contribution in [0.25, 0.3) is 0 Å². The summed E-state index contributed by atoms with van der Waals surface area (Å²) in [6, 6.07) is 4.80. The van der Waals surface area contributed by atoms with E-state index >= 15 is 0 Å². The molecular formula is C16H24N4. The van der Waals surface area contributed by atoms with Crippen LogP contribution in [0.15, 0.2) is 18.3 Å². The minimum atomic E-state index is 0.289. The fourth-order valence-corrected chi connectivity index (χ4v) is 2.96. The van der Waals surface area contributed by atoms with Gasteiger partial charge in [-0.2, -0.15) is 0 Å². The maximum absolute atomic E-state index is 4.21. The van der Waals surface area contributed by atoms with Crippen molar-refractivity contribution in [3.05, 3.63) is 46.3 Å². The molecule has 0 fully saturated rings. The van der Waals surface area contributed by atoms with Crippen LogP contribution in [0, 0.1) is 20.8 Å². The molecule has 0 aliphatic carbocycles. The van der Waals surface area contributed by atoms with Crippen LogP contribution in [0.5, 0.6) is 0 Å². The number of hydrogen-bond acceptors (Lipinski definition) is 3. The molecule has 0 aliphatic heterocycles. The molecule has 0 radical (unpaired) electrons. The molecule has 1 aromatic carbocycles. The number of hydrogen-bond donors (Lipinski definition) is 1. The standard InChI is InChI=1S/C16H24N4/c1-6-17-15(9-14-10-20(5)19-18-14)16-12(3)7-11(2)8-13(16)4/h7-8,10,15,17H,6,9H2,1-5H3. The molecule has 20 heavy (non-hydrogen) atoms. The first kappa shape index (κ1) is 14.7. The van der Waals surface area contributed by atoms with Crippen LogP contribution in [-0.4, -0.2) is 21.5 Å². The van der Waals surface area contributed by atoms with E-state index in [0.29, 0.717) is 0 Å². The first-order valence-corrected chi connectivity index (χ1v) is 7.17. The van der Waals surface area contributed by atoms with Gasteiger partial charge in [-0.15, -0.1) is 5.10 Å². The van der Waals surface area contributed by atoms with Gasteiger partial charge < -0.3 is 5.32 Å². The van der Waals surface area contributed by atoms with E-state index in [1.807, 2.05) is 13.2 Å². The molecule has 0 bridgehead atoms. The number of likely N-dealkylation sites (N-methyl/N-ethyl adjacent to an activating group) is 1. The van der Waals surface area contributed by atoms with Gasteiger partial charge in [-0.05, 0) is 44.0 Å². The van der Waals surface area contributed by atoms with Gasteiger partial charge in [0.1, 0.15) is 0 Å². The SMILES string of the molecule is CCNC(Cc1cn(C)nn1)c1c(C)cc(C)cc1C. The molecule has 4 heteroatoms. The van der Waals surface area contributed by atoms with Crippen LogP contribution >= 0.6 is 0 Å². The zero-order valence-electron chi connectivity index (χ0n) is 13.1. The Morgan fingerprint density at radius 2 is 1.85 bits per heavy atom. The maximum Gasteiger partial charge on any atom is 0.0845 e. The molecule has 108 valence electrons. The maximum atomic E-state index is 4.21. The Bertz CT molecular complexity index is 563. The lowest BCUT2D eigenvalue weighted by atomic mass is 9.91. The molecule has 1 aromatic heterocycles. The lowest BCUT2D eigenvalue weighted by molar-refractivity contribution is 0.538. The Balaban J connectivity index is 2.33. The van der Waals surface area contributed by atoms with Crippen molar-refractivity contribution in [1.82, 2.24) is 20.3 Å². The van der Waals surface area contributed by atoms with Gasteiger partial charge in [0, 0.05) is 25.7 Å². The zero-order valence-corrected chi connectivity index (χ0v) is 13.1. The Labute approximate surface area is 121 Å². The van der Waals surface area contributed by atoms with Crippen molar-refractivity contribution >= 4 is 0 Å². The van der Waals surface area contributed by atoms with Gasteiger partial charge in [0.25, 0.3) is 0 Å². The molecule has 0 saturated heterocycles. The van der Waals surface area contributed by atoms with E-state index in [-0.39, 0.29) is 6.04 Å². The molecule has 1 heterocycles. The van der Waals surface area contributed by atoms with Gasteiger partial charge in [-0.3, -0.25) is 4.68 Å². The molecular weight excluding hydrogens is 248 g/mol. The minimum absolute atomic E-state index is 0.289. The monoisotopic (exact) mass is 272 g/mol. The Kier molecular flexibility index (Phi) is 4.55. The number of benzene rings is 1. The molecule has 1 atom stereocenters.